The molecule has 1 fully saturated rings. The topological polar surface area (TPSA) is 26.3 Å². The van der Waals surface area contributed by atoms with Crippen molar-refractivity contribution in [3.63, 3.8) is 0 Å². The predicted octanol–water partition coefficient (Wildman–Crippen LogP) is 2.77. The molecule has 3 heteroatoms. The van der Waals surface area contributed by atoms with E-state index in [0.717, 1.165) is 23.5 Å². The molecule has 0 aromatic heterocycles. The van der Waals surface area contributed by atoms with Crippen LogP contribution in [0.1, 0.15) is 12.8 Å². The number of ketones is 1. The summed E-state index contributed by atoms with van der Waals surface area (Å²) in [6, 6.07) is 7.82. The molecule has 0 saturated heterocycles. The SMILES string of the molecule is COc1ccc(SCC(=O)C2CC2)cc1. The Balaban J connectivity index is 1.84. The van der Waals surface area contributed by atoms with Crippen LogP contribution < -0.4 is 4.74 Å². The fourth-order valence-electron chi connectivity index (χ4n) is 1.35. The molecule has 0 bridgehead atoms. The summed E-state index contributed by atoms with van der Waals surface area (Å²) >= 11 is 1.61. The molecule has 15 heavy (non-hydrogen) atoms. The highest BCUT2D eigenvalue weighted by atomic mass is 32.2. The van der Waals surface area contributed by atoms with Crippen LogP contribution in [0.2, 0.25) is 0 Å². The van der Waals surface area contributed by atoms with Crippen LogP contribution in [0.5, 0.6) is 5.75 Å². The van der Waals surface area contributed by atoms with Crippen molar-refractivity contribution >= 4 is 17.5 Å². The minimum Gasteiger partial charge on any atom is -0.497 e. The second-order valence-electron chi connectivity index (χ2n) is 3.70. The van der Waals surface area contributed by atoms with Gasteiger partial charge in [-0.15, -0.1) is 11.8 Å². The predicted molar refractivity (Wildman–Crippen MR) is 61.4 cm³/mol. The molecule has 0 atom stereocenters. The second kappa shape index (κ2) is 4.71. The molecule has 1 aliphatic rings. The van der Waals surface area contributed by atoms with E-state index in [2.05, 4.69) is 0 Å². The first kappa shape index (κ1) is 10.6. The Bertz CT molecular complexity index is 341. The van der Waals surface area contributed by atoms with Crippen molar-refractivity contribution in [2.75, 3.05) is 12.9 Å². The number of carbonyl (C=O) groups excluding carboxylic acids is 1. The average molecular weight is 222 g/mol. The first-order chi connectivity index (χ1) is 7.29. The van der Waals surface area contributed by atoms with Gasteiger partial charge in [-0.3, -0.25) is 4.79 Å². The van der Waals surface area contributed by atoms with E-state index in [1.165, 1.54) is 0 Å². The maximum atomic E-state index is 11.5. The summed E-state index contributed by atoms with van der Waals surface area (Å²) in [6.07, 6.45) is 2.20. The summed E-state index contributed by atoms with van der Waals surface area (Å²) in [4.78, 5) is 12.6. The van der Waals surface area contributed by atoms with Gasteiger partial charge in [-0.1, -0.05) is 0 Å². The zero-order valence-corrected chi connectivity index (χ0v) is 9.55. The van der Waals surface area contributed by atoms with Crippen LogP contribution in [-0.2, 0) is 4.79 Å². The van der Waals surface area contributed by atoms with Gasteiger partial charge in [-0.25, -0.2) is 0 Å². The van der Waals surface area contributed by atoms with E-state index in [9.17, 15) is 4.79 Å². The van der Waals surface area contributed by atoms with Crippen molar-refractivity contribution in [3.8, 4) is 5.75 Å². The van der Waals surface area contributed by atoms with E-state index >= 15 is 0 Å². The summed E-state index contributed by atoms with van der Waals surface area (Å²) in [7, 11) is 1.65. The molecule has 0 unspecified atom stereocenters. The Morgan fingerprint density at radius 2 is 2.07 bits per heavy atom. The number of methoxy groups -OCH3 is 1. The summed E-state index contributed by atoms with van der Waals surface area (Å²) < 4.78 is 5.07. The van der Waals surface area contributed by atoms with Gasteiger partial charge >= 0.3 is 0 Å². The lowest BCUT2D eigenvalue weighted by Crippen LogP contribution is -2.02. The molecule has 1 aromatic carbocycles. The number of ether oxygens (including phenoxy) is 1. The van der Waals surface area contributed by atoms with Gasteiger partial charge in [-0.2, -0.15) is 0 Å². The summed E-state index contributed by atoms with van der Waals surface area (Å²) in [5.74, 6) is 2.23. The van der Waals surface area contributed by atoms with Crippen LogP contribution in [0, 0.1) is 5.92 Å². The van der Waals surface area contributed by atoms with Crippen LogP contribution >= 0.6 is 11.8 Å². The average Bonchev–Trinajstić information content (AvgIpc) is 3.10. The number of thioether (sulfide) groups is 1. The number of rotatable bonds is 5. The highest BCUT2D eigenvalue weighted by Gasteiger charge is 2.28. The van der Waals surface area contributed by atoms with E-state index in [1.807, 2.05) is 24.3 Å². The molecular formula is C12H14O2S. The minimum atomic E-state index is 0.371. The highest BCUT2D eigenvalue weighted by molar-refractivity contribution is 8.00. The molecular weight excluding hydrogens is 208 g/mol. The fourth-order valence-corrected chi connectivity index (χ4v) is 2.22. The van der Waals surface area contributed by atoms with Crippen molar-refractivity contribution in [1.82, 2.24) is 0 Å². The maximum Gasteiger partial charge on any atom is 0.146 e. The van der Waals surface area contributed by atoms with Crippen LogP contribution in [0.15, 0.2) is 29.2 Å². The third kappa shape index (κ3) is 2.99. The van der Waals surface area contributed by atoms with Crippen LogP contribution in [0.25, 0.3) is 0 Å². The van der Waals surface area contributed by atoms with Gasteiger partial charge in [0.25, 0.3) is 0 Å². The largest absolute Gasteiger partial charge is 0.497 e. The fraction of sp³-hybridized carbons (Fsp3) is 0.417. The highest BCUT2D eigenvalue weighted by Crippen LogP contribution is 2.32. The van der Waals surface area contributed by atoms with Gasteiger partial charge in [0, 0.05) is 10.8 Å². The van der Waals surface area contributed by atoms with E-state index < -0.39 is 0 Å². The molecule has 1 aliphatic carbocycles. The third-order valence-corrected chi connectivity index (χ3v) is 3.51. The Kier molecular flexibility index (Phi) is 3.31. The van der Waals surface area contributed by atoms with Gasteiger partial charge in [0.2, 0.25) is 0 Å². The van der Waals surface area contributed by atoms with Gasteiger partial charge < -0.3 is 4.74 Å². The van der Waals surface area contributed by atoms with E-state index in [0.29, 0.717) is 17.5 Å². The minimum absolute atomic E-state index is 0.371. The quantitative estimate of drug-likeness (QED) is 0.717. The summed E-state index contributed by atoms with van der Waals surface area (Å²) in [6.45, 7) is 0. The molecule has 1 aromatic rings. The Morgan fingerprint density at radius 1 is 1.40 bits per heavy atom. The molecule has 2 nitrogen and oxygen atoms in total. The van der Waals surface area contributed by atoms with Crippen molar-refractivity contribution < 1.29 is 9.53 Å². The molecule has 0 amide bonds. The molecule has 0 N–H and O–H groups in total. The Hall–Kier alpha value is -0.960. The van der Waals surface area contributed by atoms with Crippen LogP contribution in [0.4, 0.5) is 0 Å². The second-order valence-corrected chi connectivity index (χ2v) is 4.75. The zero-order valence-electron chi connectivity index (χ0n) is 8.73. The lowest BCUT2D eigenvalue weighted by Gasteiger charge is -2.02. The van der Waals surface area contributed by atoms with E-state index in [-0.39, 0.29) is 0 Å². The van der Waals surface area contributed by atoms with Gasteiger partial charge in [0.1, 0.15) is 11.5 Å². The molecule has 0 aliphatic heterocycles. The Labute approximate surface area is 94.0 Å². The molecule has 80 valence electrons. The van der Waals surface area contributed by atoms with E-state index in [1.54, 1.807) is 18.9 Å². The number of benzene rings is 1. The van der Waals surface area contributed by atoms with Crippen molar-refractivity contribution in [3.05, 3.63) is 24.3 Å². The zero-order chi connectivity index (χ0) is 10.7. The lowest BCUT2D eigenvalue weighted by atomic mass is 10.3. The third-order valence-electron chi connectivity index (χ3n) is 2.47. The first-order valence-electron chi connectivity index (χ1n) is 5.09. The molecule has 0 spiro atoms. The normalized spacial score (nSPS) is 15.0. The smallest absolute Gasteiger partial charge is 0.146 e. The first-order valence-corrected chi connectivity index (χ1v) is 6.07. The monoisotopic (exact) mass is 222 g/mol. The van der Waals surface area contributed by atoms with Crippen LogP contribution in [-0.4, -0.2) is 18.6 Å². The molecule has 1 saturated carbocycles. The summed E-state index contributed by atoms with van der Waals surface area (Å²) in [5.41, 5.74) is 0. The van der Waals surface area contributed by atoms with E-state index in [4.69, 9.17) is 4.74 Å². The van der Waals surface area contributed by atoms with Gasteiger partial charge in [0.05, 0.1) is 12.9 Å². The molecule has 0 heterocycles. The summed E-state index contributed by atoms with van der Waals surface area (Å²) in [5, 5.41) is 0. The van der Waals surface area contributed by atoms with Crippen molar-refractivity contribution in [1.29, 1.82) is 0 Å². The number of hydrogen-bond donors (Lipinski definition) is 0. The van der Waals surface area contributed by atoms with Gasteiger partial charge in [-0.05, 0) is 37.1 Å². The van der Waals surface area contributed by atoms with Gasteiger partial charge in [0.15, 0.2) is 0 Å². The Morgan fingerprint density at radius 3 is 2.60 bits per heavy atom. The maximum absolute atomic E-state index is 11.5. The number of hydrogen-bond acceptors (Lipinski definition) is 3. The van der Waals surface area contributed by atoms with Crippen LogP contribution in [0.3, 0.4) is 0 Å². The number of carbonyl (C=O) groups is 1. The number of Topliss-reactive ketones (excluding diaryl/α,β-unsaturated/α-hetero) is 1. The molecule has 0 radical (unpaired) electrons. The standard InChI is InChI=1S/C12H14O2S/c1-14-10-4-6-11(7-5-10)15-8-12(13)9-2-3-9/h4-7,9H,2-3,8H2,1H3. The van der Waals surface area contributed by atoms with Crippen molar-refractivity contribution in [2.45, 2.75) is 17.7 Å². The lowest BCUT2D eigenvalue weighted by molar-refractivity contribution is -0.117. The van der Waals surface area contributed by atoms with Crippen molar-refractivity contribution in [2.24, 2.45) is 5.92 Å². The molecule has 2 rings (SSSR count).